The van der Waals surface area contributed by atoms with Crippen LogP contribution in [0.4, 0.5) is 11.4 Å². The molecule has 2 aromatic carbocycles. The van der Waals surface area contributed by atoms with Crippen LogP contribution in [0.1, 0.15) is 38.8 Å². The fourth-order valence-electron chi connectivity index (χ4n) is 2.72. The number of carbonyl (C=O) groups excluding carboxylic acids is 1. The zero-order valence-electron chi connectivity index (χ0n) is 15.9. The fraction of sp³-hybridized carbons (Fsp3) is 0.263. The lowest BCUT2D eigenvalue weighted by molar-refractivity contribution is -0.385. The van der Waals surface area contributed by atoms with Crippen LogP contribution in [0.3, 0.4) is 0 Å². The van der Waals surface area contributed by atoms with E-state index < -0.39 is 22.5 Å². The number of methoxy groups -OCH3 is 1. The zero-order chi connectivity index (χ0) is 21.0. The molecule has 0 aromatic heterocycles. The Morgan fingerprint density at radius 1 is 1.11 bits per heavy atom. The number of benzene rings is 2. The predicted molar refractivity (Wildman–Crippen MR) is 102 cm³/mol. The van der Waals surface area contributed by atoms with Gasteiger partial charge in [0.05, 0.1) is 30.3 Å². The second-order valence-corrected chi connectivity index (χ2v) is 5.95. The first kappa shape index (κ1) is 20.7. The maximum absolute atomic E-state index is 12.7. The van der Waals surface area contributed by atoms with E-state index in [0.29, 0.717) is 11.1 Å². The maximum atomic E-state index is 12.7. The number of anilines is 1. The van der Waals surface area contributed by atoms with Crippen molar-refractivity contribution in [3.63, 3.8) is 0 Å². The first-order valence-corrected chi connectivity index (χ1v) is 8.34. The molecule has 0 saturated carbocycles. The summed E-state index contributed by atoms with van der Waals surface area (Å²) in [5.74, 6) is -1.59. The summed E-state index contributed by atoms with van der Waals surface area (Å²) in [6, 6.07) is 5.29. The molecule has 0 bridgehead atoms. The second-order valence-electron chi connectivity index (χ2n) is 5.95. The summed E-state index contributed by atoms with van der Waals surface area (Å²) in [6.45, 7) is 5.32. The van der Waals surface area contributed by atoms with Gasteiger partial charge in [-0.25, -0.2) is 4.79 Å². The van der Waals surface area contributed by atoms with Crippen LogP contribution in [0.2, 0.25) is 0 Å². The molecule has 9 nitrogen and oxygen atoms in total. The Morgan fingerprint density at radius 3 is 2.32 bits per heavy atom. The van der Waals surface area contributed by atoms with Gasteiger partial charge in [0, 0.05) is 11.8 Å². The quantitative estimate of drug-likeness (QED) is 0.548. The van der Waals surface area contributed by atoms with Gasteiger partial charge in [-0.2, -0.15) is 0 Å². The molecule has 148 valence electrons. The molecular formula is C19H20N2O7. The number of rotatable bonds is 7. The summed E-state index contributed by atoms with van der Waals surface area (Å²) in [6.07, 6.45) is 0. The highest BCUT2D eigenvalue weighted by atomic mass is 16.6. The SMILES string of the molecule is CCOc1cc([N+](=O)[O-])c(C(=O)Nc2cc(C(=O)O)c(C)cc2C)cc1OC. The number of nitrogens with one attached hydrogen (secondary N) is 1. The van der Waals surface area contributed by atoms with Crippen molar-refractivity contribution in [2.45, 2.75) is 20.8 Å². The number of nitro benzene ring substituents is 1. The molecule has 9 heteroatoms. The van der Waals surface area contributed by atoms with Crippen LogP contribution in [0.5, 0.6) is 11.5 Å². The van der Waals surface area contributed by atoms with Gasteiger partial charge in [-0.1, -0.05) is 6.07 Å². The van der Waals surface area contributed by atoms with Crippen molar-refractivity contribution in [1.29, 1.82) is 0 Å². The molecule has 28 heavy (non-hydrogen) atoms. The maximum Gasteiger partial charge on any atom is 0.336 e. The summed E-state index contributed by atoms with van der Waals surface area (Å²) in [4.78, 5) is 34.8. The number of ether oxygens (including phenoxy) is 2. The third-order valence-electron chi connectivity index (χ3n) is 4.07. The third-order valence-corrected chi connectivity index (χ3v) is 4.07. The van der Waals surface area contributed by atoms with E-state index in [4.69, 9.17) is 9.47 Å². The molecule has 0 heterocycles. The molecule has 0 aliphatic rings. The number of carboxylic acids is 1. The van der Waals surface area contributed by atoms with Crippen LogP contribution in [0, 0.1) is 24.0 Å². The number of aromatic carboxylic acids is 1. The molecule has 0 fully saturated rings. The van der Waals surface area contributed by atoms with Crippen molar-refractivity contribution in [3.8, 4) is 11.5 Å². The Kier molecular flexibility index (Phi) is 6.19. The van der Waals surface area contributed by atoms with E-state index in [1.807, 2.05) is 0 Å². The van der Waals surface area contributed by atoms with Crippen molar-refractivity contribution in [1.82, 2.24) is 0 Å². The summed E-state index contributed by atoms with van der Waals surface area (Å²) in [5, 5.41) is 23.3. The molecule has 0 aliphatic carbocycles. The van der Waals surface area contributed by atoms with Gasteiger partial charge in [0.2, 0.25) is 0 Å². The normalized spacial score (nSPS) is 10.3. The number of amides is 1. The monoisotopic (exact) mass is 388 g/mol. The summed E-state index contributed by atoms with van der Waals surface area (Å²) in [7, 11) is 1.36. The Bertz CT molecular complexity index is 954. The minimum atomic E-state index is -1.14. The third kappa shape index (κ3) is 4.20. The molecular weight excluding hydrogens is 368 g/mol. The van der Waals surface area contributed by atoms with E-state index in [1.165, 1.54) is 19.2 Å². The van der Waals surface area contributed by atoms with Crippen molar-refractivity contribution in [2.24, 2.45) is 0 Å². The Hall–Kier alpha value is -3.62. The number of carbonyl (C=O) groups is 2. The van der Waals surface area contributed by atoms with E-state index in [2.05, 4.69) is 5.32 Å². The zero-order valence-corrected chi connectivity index (χ0v) is 15.9. The molecule has 0 radical (unpaired) electrons. The molecule has 2 N–H and O–H groups in total. The van der Waals surface area contributed by atoms with Gasteiger partial charge in [0.15, 0.2) is 11.5 Å². The number of aryl methyl sites for hydroxylation is 2. The standard InChI is InChI=1S/C19H20N2O7/c1-5-28-17-9-15(21(25)26)13(8-16(17)27-4)18(22)20-14-7-12(19(23)24)10(2)6-11(14)3/h6-9H,5H2,1-4H3,(H,20,22)(H,23,24). The Balaban J connectivity index is 2.51. The predicted octanol–water partition coefficient (Wildman–Crippen LogP) is 3.57. The van der Waals surface area contributed by atoms with Crippen molar-refractivity contribution in [2.75, 3.05) is 19.0 Å². The molecule has 0 aliphatic heterocycles. The summed E-state index contributed by atoms with van der Waals surface area (Å²) >= 11 is 0. The van der Waals surface area contributed by atoms with Crippen LogP contribution in [-0.4, -0.2) is 35.6 Å². The van der Waals surface area contributed by atoms with Crippen LogP contribution in [0.15, 0.2) is 24.3 Å². The summed E-state index contributed by atoms with van der Waals surface area (Å²) < 4.78 is 10.5. The fourth-order valence-corrected chi connectivity index (χ4v) is 2.72. The largest absolute Gasteiger partial charge is 0.493 e. The topological polar surface area (TPSA) is 128 Å². The summed E-state index contributed by atoms with van der Waals surface area (Å²) in [5.41, 5.74) is 0.745. The Labute approximate surface area is 161 Å². The van der Waals surface area contributed by atoms with E-state index >= 15 is 0 Å². The average Bonchev–Trinajstić information content (AvgIpc) is 2.63. The highest BCUT2D eigenvalue weighted by molar-refractivity contribution is 6.08. The van der Waals surface area contributed by atoms with E-state index in [9.17, 15) is 24.8 Å². The minimum Gasteiger partial charge on any atom is -0.493 e. The average molecular weight is 388 g/mol. The van der Waals surface area contributed by atoms with E-state index in [1.54, 1.807) is 26.8 Å². The van der Waals surface area contributed by atoms with E-state index in [0.717, 1.165) is 6.07 Å². The lowest BCUT2D eigenvalue weighted by atomic mass is 10.0. The molecule has 2 rings (SSSR count). The van der Waals surface area contributed by atoms with Gasteiger partial charge in [-0.3, -0.25) is 14.9 Å². The molecule has 2 aromatic rings. The van der Waals surface area contributed by atoms with Crippen LogP contribution in [-0.2, 0) is 0 Å². The molecule has 0 atom stereocenters. The van der Waals surface area contributed by atoms with Crippen molar-refractivity contribution < 1.29 is 29.1 Å². The first-order valence-electron chi connectivity index (χ1n) is 8.34. The highest BCUT2D eigenvalue weighted by Gasteiger charge is 2.25. The van der Waals surface area contributed by atoms with Crippen LogP contribution in [0.25, 0.3) is 0 Å². The number of nitro groups is 1. The minimum absolute atomic E-state index is 0.0275. The highest BCUT2D eigenvalue weighted by Crippen LogP contribution is 2.35. The first-order chi connectivity index (χ1) is 13.2. The second kappa shape index (κ2) is 8.38. The van der Waals surface area contributed by atoms with Gasteiger partial charge in [0.25, 0.3) is 11.6 Å². The molecule has 0 saturated heterocycles. The lowest BCUT2D eigenvalue weighted by Crippen LogP contribution is -2.16. The van der Waals surface area contributed by atoms with Crippen molar-refractivity contribution >= 4 is 23.3 Å². The number of hydrogen-bond acceptors (Lipinski definition) is 6. The van der Waals surface area contributed by atoms with E-state index in [-0.39, 0.29) is 34.9 Å². The smallest absolute Gasteiger partial charge is 0.336 e. The Morgan fingerprint density at radius 2 is 1.79 bits per heavy atom. The van der Waals surface area contributed by atoms with Crippen molar-refractivity contribution in [3.05, 3.63) is 56.6 Å². The molecule has 0 spiro atoms. The van der Waals surface area contributed by atoms with Crippen LogP contribution >= 0.6 is 0 Å². The number of carboxylic acid groups (broad SMARTS) is 1. The van der Waals surface area contributed by atoms with Gasteiger partial charge in [-0.15, -0.1) is 0 Å². The molecule has 0 unspecified atom stereocenters. The number of hydrogen-bond donors (Lipinski definition) is 2. The molecule has 1 amide bonds. The van der Waals surface area contributed by atoms with Crippen LogP contribution < -0.4 is 14.8 Å². The van der Waals surface area contributed by atoms with Gasteiger partial charge in [-0.05, 0) is 38.0 Å². The number of nitrogens with zero attached hydrogens (tertiary/aromatic N) is 1. The van der Waals surface area contributed by atoms with Gasteiger partial charge >= 0.3 is 5.97 Å². The lowest BCUT2D eigenvalue weighted by Gasteiger charge is -2.14. The van der Waals surface area contributed by atoms with Gasteiger partial charge in [0.1, 0.15) is 5.56 Å². The van der Waals surface area contributed by atoms with Gasteiger partial charge < -0.3 is 19.9 Å².